The molecular weight excluding hydrogens is 347 g/mol. The van der Waals surface area contributed by atoms with E-state index in [0.29, 0.717) is 6.42 Å². The van der Waals surface area contributed by atoms with Crippen LogP contribution in [0.5, 0.6) is 0 Å². The molecule has 0 amide bonds. The number of pyridine rings is 1. The Bertz CT molecular complexity index is 1010. The number of hydrogen-bond acceptors (Lipinski definition) is 3. The largest absolute Gasteiger partial charge is 0.351 e. The molecule has 0 spiro atoms. The molecule has 1 aliphatic heterocycles. The predicted molar refractivity (Wildman–Crippen MR) is 91.1 cm³/mol. The van der Waals surface area contributed by atoms with Crippen LogP contribution in [-0.4, -0.2) is 12.0 Å². The fraction of sp³-hybridized carbons (Fsp3) is 0.222. The third kappa shape index (κ3) is 2.50. The first-order chi connectivity index (χ1) is 12.0. The van der Waals surface area contributed by atoms with E-state index in [1.165, 1.54) is 4.57 Å². The summed E-state index contributed by atoms with van der Waals surface area (Å²) in [6, 6.07) is 8.04. The van der Waals surface area contributed by atoms with Gasteiger partial charge in [0.05, 0.1) is 6.42 Å². The van der Waals surface area contributed by atoms with E-state index in [2.05, 4.69) is 17.1 Å². The molecule has 7 heteroatoms. The van der Waals surface area contributed by atoms with Gasteiger partial charge in [0.1, 0.15) is 7.05 Å². The molecule has 1 unspecified atom stereocenters. The van der Waals surface area contributed by atoms with Crippen molar-refractivity contribution in [3.63, 3.8) is 0 Å². The van der Waals surface area contributed by atoms with Crippen LogP contribution in [0.2, 0.25) is 0 Å². The number of hydrogen-bond donors (Lipinski definition) is 0. The number of halogens is 3. The molecular formula is C18H15F3N3S+. The Labute approximate surface area is 146 Å². The summed E-state index contributed by atoms with van der Waals surface area (Å²) in [7, 11) is 3.60. The normalized spacial score (nSPS) is 16.5. The maximum absolute atomic E-state index is 14.1. The van der Waals surface area contributed by atoms with Crippen molar-refractivity contribution in [1.82, 2.24) is 4.98 Å². The Morgan fingerprint density at radius 2 is 1.96 bits per heavy atom. The lowest BCUT2D eigenvalue weighted by Crippen LogP contribution is -2.33. The van der Waals surface area contributed by atoms with Gasteiger partial charge in [0.15, 0.2) is 4.70 Å². The van der Waals surface area contributed by atoms with E-state index in [1.54, 1.807) is 7.05 Å². The third-order valence-electron chi connectivity index (χ3n) is 4.57. The predicted octanol–water partition coefficient (Wildman–Crippen LogP) is 3.83. The Kier molecular flexibility index (Phi) is 3.76. The number of aromatic nitrogens is 2. The van der Waals surface area contributed by atoms with Crippen LogP contribution in [-0.2, 0) is 13.5 Å². The Morgan fingerprint density at radius 3 is 2.76 bits per heavy atom. The van der Waals surface area contributed by atoms with Crippen molar-refractivity contribution in [1.29, 1.82) is 0 Å². The number of fused-ring (bicyclic) bond motifs is 2. The van der Waals surface area contributed by atoms with E-state index in [-0.39, 0.29) is 16.1 Å². The van der Waals surface area contributed by atoms with Gasteiger partial charge in [-0.25, -0.2) is 0 Å². The molecule has 1 aliphatic rings. The lowest BCUT2D eigenvalue weighted by molar-refractivity contribution is -0.649. The molecule has 25 heavy (non-hydrogen) atoms. The standard InChI is InChI=1S/C18H15F3N3S/c1-23-8-7-10(11-5-3-4-6-12(11)23)9-13-24(2)15-14(19)17(20)22-18(21)16(15)25-13/h3-8,10H,9H2,1-2H3/q+1. The van der Waals surface area contributed by atoms with E-state index < -0.39 is 17.7 Å². The van der Waals surface area contributed by atoms with Crippen molar-refractivity contribution in [3.8, 4) is 0 Å². The summed E-state index contributed by atoms with van der Waals surface area (Å²) in [5, 5.41) is 0.759. The molecule has 0 N–H and O–H groups in total. The SMILES string of the molecule is CN1C=CC(Cc2sc3c(F)nc(F)c(F)c3[n+]2C)c2ccccc21. The van der Waals surface area contributed by atoms with Crippen LogP contribution >= 0.6 is 11.3 Å². The van der Waals surface area contributed by atoms with Gasteiger partial charge in [0.25, 0.3) is 17.3 Å². The minimum atomic E-state index is -1.41. The molecule has 0 saturated heterocycles. The van der Waals surface area contributed by atoms with E-state index in [9.17, 15) is 13.2 Å². The zero-order valence-corrected chi connectivity index (χ0v) is 14.4. The second-order valence-electron chi connectivity index (χ2n) is 6.06. The third-order valence-corrected chi connectivity index (χ3v) is 5.81. The van der Waals surface area contributed by atoms with Gasteiger partial charge in [0, 0.05) is 24.9 Å². The first kappa shape index (κ1) is 16.1. The maximum Gasteiger partial charge on any atom is 0.269 e. The second kappa shape index (κ2) is 5.84. The topological polar surface area (TPSA) is 20.0 Å². The molecule has 3 heterocycles. The van der Waals surface area contributed by atoms with Crippen molar-refractivity contribution >= 4 is 27.2 Å². The van der Waals surface area contributed by atoms with Crippen LogP contribution in [0.4, 0.5) is 18.9 Å². The van der Waals surface area contributed by atoms with Crippen LogP contribution < -0.4 is 9.47 Å². The minimum absolute atomic E-state index is 0.0431. The first-order valence-corrected chi connectivity index (χ1v) is 8.61. The van der Waals surface area contributed by atoms with Crippen LogP contribution in [0.25, 0.3) is 10.2 Å². The molecule has 0 bridgehead atoms. The molecule has 4 rings (SSSR count). The van der Waals surface area contributed by atoms with Gasteiger partial charge in [-0.15, -0.1) is 0 Å². The summed E-state index contributed by atoms with van der Waals surface area (Å²) in [6.45, 7) is 0. The number of anilines is 1. The molecule has 1 aromatic carbocycles. The van der Waals surface area contributed by atoms with E-state index in [1.807, 2.05) is 36.3 Å². The van der Waals surface area contributed by atoms with Gasteiger partial charge in [0.2, 0.25) is 11.0 Å². The average molecular weight is 362 g/mol. The number of allylic oxidation sites excluding steroid dienone is 1. The van der Waals surface area contributed by atoms with E-state index in [4.69, 9.17) is 0 Å². The van der Waals surface area contributed by atoms with E-state index >= 15 is 0 Å². The van der Waals surface area contributed by atoms with Crippen molar-refractivity contribution in [2.24, 2.45) is 7.05 Å². The lowest BCUT2D eigenvalue weighted by Gasteiger charge is -2.26. The Balaban J connectivity index is 1.80. The zero-order chi connectivity index (χ0) is 17.7. The van der Waals surface area contributed by atoms with Crippen molar-refractivity contribution in [3.05, 3.63) is 64.8 Å². The number of nitrogens with zero attached hydrogens (tertiary/aromatic N) is 3. The van der Waals surface area contributed by atoms with Crippen molar-refractivity contribution in [2.75, 3.05) is 11.9 Å². The van der Waals surface area contributed by atoms with E-state index in [0.717, 1.165) is 27.6 Å². The summed E-state index contributed by atoms with van der Waals surface area (Å²) >= 11 is 1.11. The van der Waals surface area contributed by atoms with Gasteiger partial charge in [-0.1, -0.05) is 35.6 Å². The number of aryl methyl sites for hydroxylation is 1. The minimum Gasteiger partial charge on any atom is -0.351 e. The molecule has 0 saturated carbocycles. The Hall–Kier alpha value is -2.41. The quantitative estimate of drug-likeness (QED) is 0.510. The fourth-order valence-electron chi connectivity index (χ4n) is 3.27. The zero-order valence-electron chi connectivity index (χ0n) is 13.6. The van der Waals surface area contributed by atoms with Gasteiger partial charge in [-0.3, -0.25) is 0 Å². The highest BCUT2D eigenvalue weighted by atomic mass is 32.1. The molecule has 0 aliphatic carbocycles. The molecule has 3 aromatic rings. The number of rotatable bonds is 2. The molecule has 3 nitrogen and oxygen atoms in total. The number of benzene rings is 1. The molecule has 2 aromatic heterocycles. The van der Waals surface area contributed by atoms with Crippen LogP contribution in [0.15, 0.2) is 36.5 Å². The Morgan fingerprint density at radius 1 is 1.20 bits per heavy atom. The van der Waals surface area contributed by atoms with Gasteiger partial charge in [-0.2, -0.15) is 22.7 Å². The van der Waals surface area contributed by atoms with Gasteiger partial charge < -0.3 is 4.90 Å². The van der Waals surface area contributed by atoms with Crippen molar-refractivity contribution in [2.45, 2.75) is 12.3 Å². The van der Waals surface area contributed by atoms with Crippen molar-refractivity contribution < 1.29 is 17.7 Å². The smallest absolute Gasteiger partial charge is 0.269 e. The lowest BCUT2D eigenvalue weighted by atomic mass is 9.91. The highest BCUT2D eigenvalue weighted by molar-refractivity contribution is 7.18. The molecule has 128 valence electrons. The molecule has 0 fully saturated rings. The highest BCUT2D eigenvalue weighted by Crippen LogP contribution is 2.36. The molecule has 0 radical (unpaired) electrons. The number of thiazole rings is 1. The maximum atomic E-state index is 14.1. The summed E-state index contributed by atoms with van der Waals surface area (Å²) in [5.74, 6) is -3.41. The van der Waals surface area contributed by atoms with Crippen LogP contribution in [0, 0.1) is 17.7 Å². The number of para-hydroxylation sites is 1. The highest BCUT2D eigenvalue weighted by Gasteiger charge is 2.30. The summed E-state index contributed by atoms with van der Waals surface area (Å²) in [5.41, 5.74) is 2.18. The fourth-order valence-corrected chi connectivity index (χ4v) is 4.45. The van der Waals surface area contributed by atoms with Gasteiger partial charge in [-0.05, 0) is 11.6 Å². The second-order valence-corrected chi connectivity index (χ2v) is 7.15. The summed E-state index contributed by atoms with van der Waals surface area (Å²) < 4.78 is 43.0. The average Bonchev–Trinajstić information content (AvgIpc) is 2.93. The first-order valence-electron chi connectivity index (χ1n) is 7.79. The monoisotopic (exact) mass is 362 g/mol. The summed E-state index contributed by atoms with van der Waals surface area (Å²) in [6.07, 6.45) is 4.62. The van der Waals surface area contributed by atoms with Crippen LogP contribution in [0.3, 0.4) is 0 Å². The summed E-state index contributed by atoms with van der Waals surface area (Å²) in [4.78, 5) is 5.05. The van der Waals surface area contributed by atoms with Crippen LogP contribution in [0.1, 0.15) is 16.5 Å². The molecule has 1 atom stereocenters. The van der Waals surface area contributed by atoms with Gasteiger partial charge >= 0.3 is 0 Å².